The van der Waals surface area contributed by atoms with E-state index in [1.54, 1.807) is 9.42 Å². The summed E-state index contributed by atoms with van der Waals surface area (Å²) < 4.78 is 6.99. The van der Waals surface area contributed by atoms with Gasteiger partial charge < -0.3 is 15.0 Å². The number of hydrogen-bond acceptors (Lipinski definition) is 7. The van der Waals surface area contributed by atoms with Gasteiger partial charge in [-0.25, -0.2) is 0 Å². The van der Waals surface area contributed by atoms with Gasteiger partial charge in [-0.2, -0.15) is 9.61 Å². The number of amides is 2. The van der Waals surface area contributed by atoms with Gasteiger partial charge in [0.25, 0.3) is 0 Å². The molecule has 0 spiro atoms. The number of carbonyl (C=O) groups is 2. The van der Waals surface area contributed by atoms with Crippen molar-refractivity contribution in [2.45, 2.75) is 46.1 Å². The van der Waals surface area contributed by atoms with E-state index in [0.29, 0.717) is 45.1 Å². The molecule has 1 fully saturated rings. The fourth-order valence-corrected chi connectivity index (χ4v) is 3.92. The van der Waals surface area contributed by atoms with Crippen molar-refractivity contribution in [1.29, 1.82) is 0 Å². The molecule has 1 atom stereocenters. The summed E-state index contributed by atoms with van der Waals surface area (Å²) in [5.74, 6) is 0.882. The van der Waals surface area contributed by atoms with Crippen LogP contribution in [0.15, 0.2) is 0 Å². The van der Waals surface area contributed by atoms with E-state index in [0.717, 1.165) is 15.8 Å². The van der Waals surface area contributed by atoms with Gasteiger partial charge in [-0.1, -0.05) is 25.2 Å². The highest BCUT2D eigenvalue weighted by Gasteiger charge is 2.27. The maximum absolute atomic E-state index is 12.8. The Kier molecular flexibility index (Phi) is 6.38. The minimum absolute atomic E-state index is 0.0187. The van der Waals surface area contributed by atoms with E-state index in [-0.39, 0.29) is 18.2 Å². The zero-order valence-corrected chi connectivity index (χ0v) is 16.8. The lowest BCUT2D eigenvalue weighted by atomic mass is 10.0. The first kappa shape index (κ1) is 19.7. The van der Waals surface area contributed by atoms with Crippen molar-refractivity contribution >= 4 is 28.1 Å². The molecule has 0 saturated carbocycles. The number of nitrogens with zero attached hydrogens (tertiary/aromatic N) is 5. The Morgan fingerprint density at radius 2 is 2.00 bits per heavy atom. The largest absolute Gasteiger partial charge is 0.378 e. The molecule has 1 saturated heterocycles. The van der Waals surface area contributed by atoms with Crippen LogP contribution in [0.1, 0.15) is 37.5 Å². The van der Waals surface area contributed by atoms with Crippen molar-refractivity contribution in [3.8, 4) is 0 Å². The topological polar surface area (TPSA) is 102 Å². The summed E-state index contributed by atoms with van der Waals surface area (Å²) in [4.78, 5) is 27.7. The third kappa shape index (κ3) is 5.01. The molecule has 2 amide bonds. The van der Waals surface area contributed by atoms with E-state index in [9.17, 15) is 9.59 Å². The molecule has 1 N–H and O–H groups in total. The van der Waals surface area contributed by atoms with Crippen molar-refractivity contribution < 1.29 is 14.3 Å². The molecule has 2 aromatic rings. The van der Waals surface area contributed by atoms with Crippen LogP contribution in [0, 0.1) is 12.8 Å². The number of nitrogens with one attached hydrogen (secondary N) is 1. The molecule has 0 aromatic carbocycles. The first-order valence-corrected chi connectivity index (χ1v) is 10.1. The first-order valence-electron chi connectivity index (χ1n) is 9.27. The smallest absolute Gasteiger partial charge is 0.245 e. The van der Waals surface area contributed by atoms with Crippen molar-refractivity contribution in [1.82, 2.24) is 30.0 Å². The Bertz CT molecular complexity index is 796. The average Bonchev–Trinajstić information content (AvgIpc) is 3.21. The van der Waals surface area contributed by atoms with Crippen LogP contribution in [0.25, 0.3) is 4.96 Å². The van der Waals surface area contributed by atoms with Crippen LogP contribution in [0.4, 0.5) is 0 Å². The van der Waals surface area contributed by atoms with Crippen LogP contribution in [-0.4, -0.2) is 68.9 Å². The third-order valence-corrected chi connectivity index (χ3v) is 5.38. The predicted molar refractivity (Wildman–Crippen MR) is 101 cm³/mol. The van der Waals surface area contributed by atoms with Crippen LogP contribution in [0.3, 0.4) is 0 Å². The summed E-state index contributed by atoms with van der Waals surface area (Å²) in [6.07, 6.45) is 1.42. The lowest BCUT2D eigenvalue weighted by Crippen LogP contribution is -2.52. The number of aryl methyl sites for hydroxylation is 2. The van der Waals surface area contributed by atoms with E-state index >= 15 is 0 Å². The molecule has 3 heterocycles. The molecule has 1 aliphatic heterocycles. The molecular formula is C17H26N6O3S. The van der Waals surface area contributed by atoms with Crippen molar-refractivity contribution in [2.75, 3.05) is 26.3 Å². The van der Waals surface area contributed by atoms with Crippen molar-refractivity contribution in [3.05, 3.63) is 10.8 Å². The van der Waals surface area contributed by atoms with Gasteiger partial charge in [0.2, 0.25) is 16.8 Å². The number of rotatable bonds is 7. The van der Waals surface area contributed by atoms with E-state index < -0.39 is 6.04 Å². The Labute approximate surface area is 162 Å². The minimum Gasteiger partial charge on any atom is -0.378 e. The molecule has 0 radical (unpaired) electrons. The second kappa shape index (κ2) is 8.75. The summed E-state index contributed by atoms with van der Waals surface area (Å²) in [6, 6.07) is -0.490. The number of carbonyl (C=O) groups excluding carboxylic acids is 2. The number of morpholine rings is 1. The zero-order valence-electron chi connectivity index (χ0n) is 16.0. The molecule has 1 aliphatic rings. The van der Waals surface area contributed by atoms with Crippen LogP contribution in [0.5, 0.6) is 0 Å². The Morgan fingerprint density at radius 3 is 2.67 bits per heavy atom. The van der Waals surface area contributed by atoms with Gasteiger partial charge in [-0.15, -0.1) is 10.2 Å². The van der Waals surface area contributed by atoms with Gasteiger partial charge in [-0.3, -0.25) is 9.59 Å². The molecule has 2 aromatic heterocycles. The van der Waals surface area contributed by atoms with E-state index in [2.05, 4.69) is 20.6 Å². The monoisotopic (exact) mass is 394 g/mol. The zero-order chi connectivity index (χ0) is 19.4. The standard InChI is InChI=1S/C17H26N6O3S/c1-11(2)10-13(16(25)22-6-8-26-9-7-22)18-14(24)4-5-15-21-23-12(3)19-20-17(23)27-15/h11,13H,4-10H2,1-3H3,(H,18,24). The molecule has 1 unspecified atom stereocenters. The van der Waals surface area contributed by atoms with Gasteiger partial charge in [-0.05, 0) is 19.3 Å². The Morgan fingerprint density at radius 1 is 1.26 bits per heavy atom. The summed E-state index contributed by atoms with van der Waals surface area (Å²) >= 11 is 1.43. The lowest BCUT2D eigenvalue weighted by Gasteiger charge is -2.31. The summed E-state index contributed by atoms with van der Waals surface area (Å²) in [6.45, 7) is 8.19. The quantitative estimate of drug-likeness (QED) is 0.746. The molecule has 0 bridgehead atoms. The highest BCUT2D eigenvalue weighted by molar-refractivity contribution is 7.16. The van der Waals surface area contributed by atoms with Gasteiger partial charge in [0.1, 0.15) is 11.0 Å². The third-order valence-electron chi connectivity index (χ3n) is 4.42. The molecular weight excluding hydrogens is 368 g/mol. The highest BCUT2D eigenvalue weighted by Crippen LogP contribution is 2.15. The Balaban J connectivity index is 1.56. The second-order valence-electron chi connectivity index (χ2n) is 7.12. The molecule has 27 heavy (non-hydrogen) atoms. The van der Waals surface area contributed by atoms with Crippen LogP contribution >= 0.6 is 11.3 Å². The normalized spacial score (nSPS) is 16.1. The maximum Gasteiger partial charge on any atom is 0.245 e. The molecule has 9 nitrogen and oxygen atoms in total. The van der Waals surface area contributed by atoms with Crippen LogP contribution in [0.2, 0.25) is 0 Å². The molecule has 3 rings (SSSR count). The number of hydrogen-bond donors (Lipinski definition) is 1. The van der Waals surface area contributed by atoms with Crippen LogP contribution < -0.4 is 5.32 Å². The highest BCUT2D eigenvalue weighted by atomic mass is 32.1. The fraction of sp³-hybridized carbons (Fsp3) is 0.706. The summed E-state index contributed by atoms with van der Waals surface area (Å²) in [5, 5.41) is 16.2. The summed E-state index contributed by atoms with van der Waals surface area (Å²) in [5.41, 5.74) is 0. The SMILES string of the molecule is Cc1nnc2sc(CCC(=O)NC(CC(C)C)C(=O)N3CCOCC3)nn12. The van der Waals surface area contributed by atoms with Gasteiger partial charge in [0, 0.05) is 25.9 Å². The van der Waals surface area contributed by atoms with Crippen molar-refractivity contribution in [2.24, 2.45) is 5.92 Å². The van der Waals surface area contributed by atoms with E-state index in [1.807, 2.05) is 20.8 Å². The lowest BCUT2D eigenvalue weighted by molar-refractivity contribution is -0.140. The number of fused-ring (bicyclic) bond motifs is 1. The average molecular weight is 395 g/mol. The number of ether oxygens (including phenoxy) is 1. The van der Waals surface area contributed by atoms with Gasteiger partial charge in [0.05, 0.1) is 13.2 Å². The molecule has 148 valence electrons. The van der Waals surface area contributed by atoms with Crippen LogP contribution in [-0.2, 0) is 20.7 Å². The van der Waals surface area contributed by atoms with Gasteiger partial charge in [0.15, 0.2) is 5.82 Å². The number of aromatic nitrogens is 4. The minimum atomic E-state index is -0.490. The molecule has 0 aliphatic carbocycles. The van der Waals surface area contributed by atoms with E-state index in [4.69, 9.17) is 4.74 Å². The van der Waals surface area contributed by atoms with Gasteiger partial charge >= 0.3 is 0 Å². The Hall–Kier alpha value is -2.07. The molecule has 10 heteroatoms. The second-order valence-corrected chi connectivity index (χ2v) is 8.17. The first-order chi connectivity index (χ1) is 12.9. The maximum atomic E-state index is 12.8. The van der Waals surface area contributed by atoms with Crippen molar-refractivity contribution in [3.63, 3.8) is 0 Å². The van der Waals surface area contributed by atoms with E-state index in [1.165, 1.54) is 11.3 Å². The fourth-order valence-electron chi connectivity index (χ4n) is 3.04. The summed E-state index contributed by atoms with van der Waals surface area (Å²) in [7, 11) is 0. The predicted octanol–water partition coefficient (Wildman–Crippen LogP) is 0.817.